The molecule has 0 aliphatic heterocycles. The van der Waals surface area contributed by atoms with E-state index in [1.165, 1.54) is 0 Å². The zero-order valence-electron chi connectivity index (χ0n) is 10.4. The summed E-state index contributed by atoms with van der Waals surface area (Å²) in [5.74, 6) is -1.04. The van der Waals surface area contributed by atoms with Gasteiger partial charge in [-0.2, -0.15) is 0 Å². The molecule has 0 fully saturated rings. The van der Waals surface area contributed by atoms with Gasteiger partial charge in [0, 0.05) is 12.0 Å². The monoisotopic (exact) mass is 263 g/mol. The maximum Gasteiger partial charge on any atom is 0.313 e. The van der Waals surface area contributed by atoms with Gasteiger partial charge < -0.3 is 15.5 Å². The molecule has 0 saturated heterocycles. The lowest BCUT2D eigenvalue weighted by molar-refractivity contribution is -0.133. The van der Waals surface area contributed by atoms with Crippen molar-refractivity contribution in [1.82, 2.24) is 5.32 Å². The highest BCUT2D eigenvalue weighted by molar-refractivity contribution is 8.00. The normalized spacial score (nSPS) is 11.2. The number of carboxylic acid groups (broad SMARTS) is 1. The van der Waals surface area contributed by atoms with Crippen LogP contribution in [0.15, 0.2) is 0 Å². The molecule has 0 radical (unpaired) electrons. The number of hydrogen-bond donors (Lipinski definition) is 3. The maximum absolute atomic E-state index is 11.4. The first-order valence-corrected chi connectivity index (χ1v) is 6.82. The van der Waals surface area contributed by atoms with Gasteiger partial charge >= 0.3 is 5.97 Å². The molecule has 0 unspecified atom stereocenters. The van der Waals surface area contributed by atoms with Crippen molar-refractivity contribution in [2.75, 3.05) is 24.7 Å². The van der Waals surface area contributed by atoms with Crippen molar-refractivity contribution in [1.29, 1.82) is 0 Å². The minimum Gasteiger partial charge on any atom is -0.481 e. The summed E-state index contributed by atoms with van der Waals surface area (Å²) < 4.78 is 0. The second kappa shape index (κ2) is 8.36. The molecule has 100 valence electrons. The summed E-state index contributed by atoms with van der Waals surface area (Å²) in [6.07, 6.45) is 1.59. The van der Waals surface area contributed by atoms with Crippen molar-refractivity contribution in [3.05, 3.63) is 0 Å². The van der Waals surface area contributed by atoms with Crippen LogP contribution in [-0.2, 0) is 9.59 Å². The molecule has 0 rings (SSSR count). The summed E-state index contributed by atoms with van der Waals surface area (Å²) in [6, 6.07) is 0. The van der Waals surface area contributed by atoms with E-state index in [0.29, 0.717) is 6.54 Å². The second-order valence-electron chi connectivity index (χ2n) is 4.03. The van der Waals surface area contributed by atoms with Crippen LogP contribution in [0.3, 0.4) is 0 Å². The van der Waals surface area contributed by atoms with E-state index in [0.717, 1.165) is 24.6 Å². The minimum absolute atomic E-state index is 0.0442. The molecule has 3 N–H and O–H groups in total. The molecular formula is C11H21NO4S. The van der Waals surface area contributed by atoms with Gasteiger partial charge in [-0.15, -0.1) is 11.8 Å². The number of rotatable bonds is 9. The Kier molecular flexibility index (Phi) is 7.99. The molecule has 0 heterocycles. The second-order valence-corrected chi connectivity index (χ2v) is 5.01. The van der Waals surface area contributed by atoms with Crippen LogP contribution in [0.4, 0.5) is 0 Å². The van der Waals surface area contributed by atoms with Crippen LogP contribution in [0.1, 0.15) is 26.7 Å². The number of hydrogen-bond acceptors (Lipinski definition) is 4. The van der Waals surface area contributed by atoms with Crippen molar-refractivity contribution >= 4 is 23.6 Å². The van der Waals surface area contributed by atoms with Gasteiger partial charge in [-0.25, -0.2) is 0 Å². The first kappa shape index (κ1) is 16.2. The van der Waals surface area contributed by atoms with E-state index < -0.39 is 5.97 Å². The molecule has 0 saturated carbocycles. The minimum atomic E-state index is -0.922. The van der Waals surface area contributed by atoms with Gasteiger partial charge in [0.2, 0.25) is 5.91 Å². The average Bonchev–Trinajstić information content (AvgIpc) is 2.31. The molecule has 0 aromatic rings. The van der Waals surface area contributed by atoms with Crippen molar-refractivity contribution in [2.24, 2.45) is 5.41 Å². The summed E-state index contributed by atoms with van der Waals surface area (Å²) in [5, 5.41) is 20.5. The van der Waals surface area contributed by atoms with Crippen molar-refractivity contribution in [3.8, 4) is 0 Å². The summed E-state index contributed by atoms with van der Waals surface area (Å²) in [7, 11) is 0. The zero-order valence-corrected chi connectivity index (χ0v) is 11.2. The summed E-state index contributed by atoms with van der Waals surface area (Å²) >= 11 is 1.07. The highest BCUT2D eigenvalue weighted by atomic mass is 32.2. The van der Waals surface area contributed by atoms with Gasteiger partial charge in [0.05, 0.1) is 18.1 Å². The van der Waals surface area contributed by atoms with Crippen LogP contribution >= 0.6 is 11.8 Å². The molecule has 0 aliphatic rings. The van der Waals surface area contributed by atoms with Gasteiger partial charge in [-0.3, -0.25) is 9.59 Å². The van der Waals surface area contributed by atoms with Crippen molar-refractivity contribution in [2.45, 2.75) is 26.7 Å². The summed E-state index contributed by atoms with van der Waals surface area (Å²) in [5.41, 5.74) is -0.257. The smallest absolute Gasteiger partial charge is 0.313 e. The highest BCUT2D eigenvalue weighted by Crippen LogP contribution is 2.24. The van der Waals surface area contributed by atoms with Gasteiger partial charge in [-0.05, 0) is 12.8 Å². The molecule has 0 spiro atoms. The van der Waals surface area contributed by atoms with Crippen LogP contribution < -0.4 is 5.32 Å². The molecular weight excluding hydrogens is 242 g/mol. The molecule has 17 heavy (non-hydrogen) atoms. The first-order valence-electron chi connectivity index (χ1n) is 5.66. The summed E-state index contributed by atoms with van der Waals surface area (Å²) in [4.78, 5) is 21.7. The third-order valence-corrected chi connectivity index (χ3v) is 3.87. The van der Waals surface area contributed by atoms with Gasteiger partial charge in [0.1, 0.15) is 0 Å². The fourth-order valence-electron chi connectivity index (χ4n) is 1.35. The highest BCUT2D eigenvalue weighted by Gasteiger charge is 2.25. The largest absolute Gasteiger partial charge is 0.481 e. The molecule has 0 aliphatic carbocycles. The Bertz CT molecular complexity index is 246. The Morgan fingerprint density at radius 1 is 1.24 bits per heavy atom. The van der Waals surface area contributed by atoms with Crippen molar-refractivity contribution < 1.29 is 19.8 Å². The number of amides is 1. The molecule has 0 aromatic carbocycles. The number of carboxylic acids is 1. The molecule has 0 bridgehead atoms. The van der Waals surface area contributed by atoms with Crippen LogP contribution in [0.25, 0.3) is 0 Å². The van der Waals surface area contributed by atoms with E-state index in [1.54, 1.807) is 0 Å². The zero-order chi connectivity index (χ0) is 13.3. The van der Waals surface area contributed by atoms with Crippen LogP contribution in [0, 0.1) is 5.41 Å². The van der Waals surface area contributed by atoms with Crippen molar-refractivity contribution in [3.63, 3.8) is 0 Å². The SMILES string of the molecule is CCC(CC)(CO)CNC(=O)CSCC(=O)O. The topological polar surface area (TPSA) is 86.6 Å². The van der Waals surface area contributed by atoms with Gasteiger partial charge in [0.15, 0.2) is 0 Å². The first-order chi connectivity index (χ1) is 7.99. The fraction of sp³-hybridized carbons (Fsp3) is 0.818. The number of aliphatic carboxylic acids is 1. The quantitative estimate of drug-likeness (QED) is 0.570. The Morgan fingerprint density at radius 2 is 1.82 bits per heavy atom. The third kappa shape index (κ3) is 6.53. The van der Waals surface area contributed by atoms with Crippen LogP contribution in [0.5, 0.6) is 0 Å². The number of carbonyl (C=O) groups excluding carboxylic acids is 1. The molecule has 5 nitrogen and oxygen atoms in total. The standard InChI is InChI=1S/C11H21NO4S/c1-3-11(4-2,8-13)7-12-9(14)5-17-6-10(15)16/h13H,3-8H2,1-2H3,(H,12,14)(H,15,16). The number of aliphatic hydroxyl groups excluding tert-OH is 1. The predicted octanol–water partition coefficient (Wildman–Crippen LogP) is 0.719. The molecule has 1 amide bonds. The predicted molar refractivity (Wildman–Crippen MR) is 68.1 cm³/mol. The van der Waals surface area contributed by atoms with Crippen LogP contribution in [-0.4, -0.2) is 46.7 Å². The lowest BCUT2D eigenvalue weighted by Crippen LogP contribution is -2.40. The Hall–Kier alpha value is -0.750. The number of thioether (sulfide) groups is 1. The van der Waals surface area contributed by atoms with Gasteiger partial charge in [0.25, 0.3) is 0 Å². The van der Waals surface area contributed by atoms with E-state index in [9.17, 15) is 14.7 Å². The Morgan fingerprint density at radius 3 is 2.24 bits per heavy atom. The van der Waals surface area contributed by atoms with E-state index in [1.807, 2.05) is 13.8 Å². The Balaban J connectivity index is 3.92. The maximum atomic E-state index is 11.4. The number of aliphatic hydroxyl groups is 1. The fourth-order valence-corrected chi connectivity index (χ4v) is 1.91. The van der Waals surface area contributed by atoms with Gasteiger partial charge in [-0.1, -0.05) is 13.8 Å². The summed E-state index contributed by atoms with van der Waals surface area (Å²) in [6.45, 7) is 4.43. The van der Waals surface area contributed by atoms with E-state index >= 15 is 0 Å². The Labute approximate surface area is 106 Å². The van der Waals surface area contributed by atoms with E-state index in [4.69, 9.17) is 5.11 Å². The van der Waals surface area contributed by atoms with E-state index in [2.05, 4.69) is 5.32 Å². The molecule has 0 aromatic heterocycles. The van der Waals surface area contributed by atoms with E-state index in [-0.39, 0.29) is 29.4 Å². The lowest BCUT2D eigenvalue weighted by Gasteiger charge is -2.29. The number of carbonyl (C=O) groups is 2. The lowest BCUT2D eigenvalue weighted by atomic mass is 9.83. The third-order valence-electron chi connectivity index (χ3n) is 2.95. The molecule has 0 atom stereocenters. The molecule has 6 heteroatoms. The van der Waals surface area contributed by atoms with Crippen LogP contribution in [0.2, 0.25) is 0 Å². The number of nitrogens with one attached hydrogen (secondary N) is 1. The average molecular weight is 263 g/mol.